The molecule has 0 amide bonds. The highest BCUT2D eigenvalue weighted by atomic mass is 16.3. The number of nitrogens with two attached hydrogens (primary N) is 1. The molecule has 0 radical (unpaired) electrons. The minimum Gasteiger partial charge on any atom is -0.447 e. The second-order valence-electron chi connectivity index (χ2n) is 5.06. The first kappa shape index (κ1) is 12.6. The average Bonchev–Trinajstić information content (AvgIpc) is 2.94. The van der Waals surface area contributed by atoms with E-state index in [4.69, 9.17) is 10.2 Å². The molecule has 1 aromatic heterocycles. The van der Waals surface area contributed by atoms with Gasteiger partial charge in [-0.2, -0.15) is 0 Å². The van der Waals surface area contributed by atoms with Crippen molar-refractivity contribution in [3.8, 4) is 0 Å². The first-order valence-corrected chi connectivity index (χ1v) is 6.62. The monoisotopic (exact) mass is 237 g/mol. The summed E-state index contributed by atoms with van der Waals surface area (Å²) < 4.78 is 5.63. The molecule has 1 fully saturated rings. The Hall–Kier alpha value is -0.870. The van der Waals surface area contributed by atoms with Gasteiger partial charge in [0.1, 0.15) is 6.26 Å². The summed E-state index contributed by atoms with van der Waals surface area (Å²) >= 11 is 0. The van der Waals surface area contributed by atoms with Crippen molar-refractivity contribution in [2.24, 2.45) is 5.73 Å². The lowest BCUT2D eigenvalue weighted by Gasteiger charge is -2.25. The molecule has 4 heteroatoms. The molecule has 4 nitrogen and oxygen atoms in total. The molecule has 1 unspecified atom stereocenters. The Kier molecular flexibility index (Phi) is 4.18. The van der Waals surface area contributed by atoms with E-state index in [1.165, 1.54) is 6.42 Å². The zero-order valence-corrected chi connectivity index (χ0v) is 10.9. The van der Waals surface area contributed by atoms with Crippen LogP contribution in [0.4, 0.5) is 0 Å². The Balaban J connectivity index is 2.03. The summed E-state index contributed by atoms with van der Waals surface area (Å²) in [5.74, 6) is 0.892. The van der Waals surface area contributed by atoms with E-state index >= 15 is 0 Å². The fraction of sp³-hybridized carbons (Fsp3) is 0.769. The quantitative estimate of drug-likeness (QED) is 0.852. The molecule has 1 atom stereocenters. The van der Waals surface area contributed by atoms with Gasteiger partial charge >= 0.3 is 0 Å². The van der Waals surface area contributed by atoms with Crippen LogP contribution in [0.3, 0.4) is 0 Å². The zero-order valence-electron chi connectivity index (χ0n) is 10.9. The van der Waals surface area contributed by atoms with Crippen molar-refractivity contribution in [3.05, 3.63) is 17.8 Å². The van der Waals surface area contributed by atoms with Crippen molar-refractivity contribution in [2.45, 2.75) is 51.6 Å². The van der Waals surface area contributed by atoms with E-state index in [-0.39, 0.29) is 0 Å². The van der Waals surface area contributed by atoms with Gasteiger partial charge in [-0.25, -0.2) is 4.98 Å². The third-order valence-corrected chi connectivity index (χ3v) is 3.45. The molecule has 0 aromatic carbocycles. The van der Waals surface area contributed by atoms with Crippen LogP contribution in [0.25, 0.3) is 0 Å². The summed E-state index contributed by atoms with van der Waals surface area (Å²) in [7, 11) is 0. The first-order valence-electron chi connectivity index (χ1n) is 6.62. The number of aryl methyl sites for hydroxylation is 1. The molecule has 1 aliphatic heterocycles. The predicted molar refractivity (Wildman–Crippen MR) is 67.7 cm³/mol. The Morgan fingerprint density at radius 2 is 2.41 bits per heavy atom. The van der Waals surface area contributed by atoms with E-state index in [9.17, 15) is 0 Å². The second-order valence-corrected chi connectivity index (χ2v) is 5.06. The molecule has 2 rings (SSSR count). The molecule has 1 aliphatic rings. The van der Waals surface area contributed by atoms with Crippen LogP contribution in [0.15, 0.2) is 10.7 Å². The van der Waals surface area contributed by atoms with Crippen molar-refractivity contribution in [3.63, 3.8) is 0 Å². The van der Waals surface area contributed by atoms with Crippen molar-refractivity contribution in [1.82, 2.24) is 9.88 Å². The van der Waals surface area contributed by atoms with Crippen LogP contribution >= 0.6 is 0 Å². The van der Waals surface area contributed by atoms with Crippen LogP contribution in [0.1, 0.15) is 50.7 Å². The second kappa shape index (κ2) is 5.65. The van der Waals surface area contributed by atoms with E-state index < -0.39 is 0 Å². The van der Waals surface area contributed by atoms with Gasteiger partial charge in [-0.15, -0.1) is 0 Å². The maximum atomic E-state index is 5.63. The summed E-state index contributed by atoms with van der Waals surface area (Å²) in [6, 6.07) is 0.934. The number of aromatic nitrogens is 1. The highest BCUT2D eigenvalue weighted by molar-refractivity contribution is 5.03. The number of rotatable bonds is 5. The van der Waals surface area contributed by atoms with Crippen LogP contribution in [0, 0.1) is 0 Å². The van der Waals surface area contributed by atoms with Gasteiger partial charge in [-0.3, -0.25) is 4.90 Å². The maximum Gasteiger partial charge on any atom is 0.211 e. The highest BCUT2D eigenvalue weighted by Gasteiger charge is 2.31. The molecule has 0 spiro atoms. The van der Waals surface area contributed by atoms with E-state index in [0.29, 0.717) is 18.6 Å². The number of hydrogen-bond donors (Lipinski definition) is 1. The molecule has 2 N–H and O–H groups in total. The number of nitrogens with zero attached hydrogens (tertiary/aromatic N) is 2. The fourth-order valence-electron chi connectivity index (χ4n) is 2.55. The van der Waals surface area contributed by atoms with Crippen molar-refractivity contribution >= 4 is 0 Å². The minimum atomic E-state index is 0.377. The smallest absolute Gasteiger partial charge is 0.211 e. The zero-order chi connectivity index (χ0) is 12.3. The maximum absolute atomic E-state index is 5.63. The predicted octanol–water partition coefficient (Wildman–Crippen LogP) is 2.11. The van der Waals surface area contributed by atoms with E-state index in [0.717, 1.165) is 37.4 Å². The minimum absolute atomic E-state index is 0.377. The van der Waals surface area contributed by atoms with Gasteiger partial charge in [0.2, 0.25) is 5.89 Å². The van der Waals surface area contributed by atoms with Crippen LogP contribution < -0.4 is 5.73 Å². The molecule has 1 saturated heterocycles. The highest BCUT2D eigenvalue weighted by Crippen LogP contribution is 2.32. The largest absolute Gasteiger partial charge is 0.447 e. The summed E-state index contributed by atoms with van der Waals surface area (Å²) in [5.41, 5.74) is 6.54. The van der Waals surface area contributed by atoms with Crippen LogP contribution in [0.5, 0.6) is 0 Å². The number of likely N-dealkylation sites (tertiary alicyclic amines) is 1. The Labute approximate surface area is 103 Å². The molecule has 0 bridgehead atoms. The molecule has 1 aromatic rings. The first-order chi connectivity index (χ1) is 8.22. The van der Waals surface area contributed by atoms with Gasteiger partial charge in [-0.1, -0.05) is 0 Å². The van der Waals surface area contributed by atoms with Gasteiger partial charge in [0.05, 0.1) is 11.7 Å². The van der Waals surface area contributed by atoms with Gasteiger partial charge < -0.3 is 10.2 Å². The molecule has 0 saturated carbocycles. The molecular weight excluding hydrogens is 214 g/mol. The fourth-order valence-corrected chi connectivity index (χ4v) is 2.55. The van der Waals surface area contributed by atoms with Crippen LogP contribution in [-0.4, -0.2) is 29.0 Å². The van der Waals surface area contributed by atoms with Gasteiger partial charge in [0, 0.05) is 6.04 Å². The average molecular weight is 237 g/mol. The van der Waals surface area contributed by atoms with E-state index in [1.54, 1.807) is 6.26 Å². The van der Waals surface area contributed by atoms with Gasteiger partial charge in [0.25, 0.3) is 0 Å². The number of hydrogen-bond acceptors (Lipinski definition) is 4. The van der Waals surface area contributed by atoms with Gasteiger partial charge in [0.15, 0.2) is 0 Å². The summed E-state index contributed by atoms with van der Waals surface area (Å²) in [6.45, 7) is 6.33. The Morgan fingerprint density at radius 1 is 1.59 bits per heavy atom. The normalized spacial score (nSPS) is 21.5. The van der Waals surface area contributed by atoms with E-state index in [2.05, 4.69) is 23.7 Å². The van der Waals surface area contributed by atoms with E-state index in [1.807, 2.05) is 0 Å². The lowest BCUT2D eigenvalue weighted by molar-refractivity contribution is 0.179. The molecule has 2 heterocycles. The molecular formula is C13H23N3O. The summed E-state index contributed by atoms with van der Waals surface area (Å²) in [4.78, 5) is 7.07. The Bertz CT molecular complexity index is 348. The lowest BCUT2D eigenvalue weighted by Crippen LogP contribution is -2.30. The van der Waals surface area contributed by atoms with Gasteiger partial charge in [-0.05, 0) is 52.6 Å². The number of oxazole rings is 1. The molecule has 0 aliphatic carbocycles. The van der Waals surface area contributed by atoms with Crippen molar-refractivity contribution in [2.75, 3.05) is 13.1 Å². The van der Waals surface area contributed by atoms with Crippen LogP contribution in [-0.2, 0) is 6.42 Å². The van der Waals surface area contributed by atoms with Crippen molar-refractivity contribution < 1.29 is 4.42 Å². The van der Waals surface area contributed by atoms with Crippen molar-refractivity contribution in [1.29, 1.82) is 0 Å². The standard InChI is InChI=1S/C13H23N3O/c1-10(2)16-8-4-6-12(16)13-15-11(9-17-13)5-3-7-14/h9-10,12H,3-8,14H2,1-2H3. The van der Waals surface area contributed by atoms with Crippen LogP contribution in [0.2, 0.25) is 0 Å². The Morgan fingerprint density at radius 3 is 3.12 bits per heavy atom. The summed E-state index contributed by atoms with van der Waals surface area (Å²) in [6.07, 6.45) is 6.10. The molecule has 17 heavy (non-hydrogen) atoms. The molecule has 96 valence electrons. The third-order valence-electron chi connectivity index (χ3n) is 3.45. The third kappa shape index (κ3) is 2.87. The topological polar surface area (TPSA) is 55.3 Å². The SMILES string of the molecule is CC(C)N1CCCC1c1nc(CCCN)co1. The summed E-state index contributed by atoms with van der Waals surface area (Å²) in [5, 5.41) is 0. The lowest BCUT2D eigenvalue weighted by atomic mass is 10.2.